The van der Waals surface area contributed by atoms with Gasteiger partial charge in [0.15, 0.2) is 11.6 Å². The summed E-state index contributed by atoms with van der Waals surface area (Å²) >= 11 is 0. The number of piperidine rings is 1. The van der Waals surface area contributed by atoms with Gasteiger partial charge in [-0.3, -0.25) is 9.59 Å². The number of carbonyl (C=O) groups excluding carboxylic acids is 1. The second kappa shape index (κ2) is 6.86. The predicted octanol–water partition coefficient (Wildman–Crippen LogP) is 2.51. The van der Waals surface area contributed by atoms with Gasteiger partial charge in [0.2, 0.25) is 5.56 Å². The Balaban J connectivity index is 1.61. The molecule has 1 fully saturated rings. The first-order valence-corrected chi connectivity index (χ1v) is 7.94. The normalized spacial score (nSPS) is 15.3. The van der Waals surface area contributed by atoms with Gasteiger partial charge in [-0.15, -0.1) is 0 Å². The van der Waals surface area contributed by atoms with Crippen LogP contribution in [0.5, 0.6) is 5.75 Å². The van der Waals surface area contributed by atoms with Crippen molar-refractivity contribution in [1.82, 2.24) is 9.88 Å². The van der Waals surface area contributed by atoms with E-state index in [9.17, 15) is 14.0 Å². The summed E-state index contributed by atoms with van der Waals surface area (Å²) in [6.07, 6.45) is 1.14. The van der Waals surface area contributed by atoms with Gasteiger partial charge in [0.05, 0.1) is 0 Å². The molecule has 2 heterocycles. The van der Waals surface area contributed by atoms with Crippen molar-refractivity contribution in [3.05, 3.63) is 63.8 Å². The highest BCUT2D eigenvalue weighted by Gasteiger charge is 2.25. The highest BCUT2D eigenvalue weighted by Crippen LogP contribution is 2.22. The average molecular weight is 330 g/mol. The number of amides is 1. The molecule has 5 nitrogen and oxygen atoms in total. The van der Waals surface area contributed by atoms with Crippen LogP contribution in [0.2, 0.25) is 0 Å². The quantitative estimate of drug-likeness (QED) is 0.940. The molecule has 0 spiro atoms. The minimum atomic E-state index is -0.380. The lowest BCUT2D eigenvalue weighted by atomic mass is 10.1. The summed E-state index contributed by atoms with van der Waals surface area (Å²) in [5.41, 5.74) is 0.768. The third-order valence-corrected chi connectivity index (χ3v) is 4.09. The molecule has 126 valence electrons. The number of pyridine rings is 1. The van der Waals surface area contributed by atoms with Crippen molar-refractivity contribution < 1.29 is 13.9 Å². The van der Waals surface area contributed by atoms with Gasteiger partial charge in [-0.2, -0.15) is 0 Å². The van der Waals surface area contributed by atoms with Gasteiger partial charge in [0.25, 0.3) is 5.91 Å². The first-order chi connectivity index (χ1) is 11.5. The number of nitrogens with zero attached hydrogens (tertiary/aromatic N) is 1. The molecule has 0 radical (unpaired) electrons. The summed E-state index contributed by atoms with van der Waals surface area (Å²) in [5.74, 6) is -0.295. The third-order valence-electron chi connectivity index (χ3n) is 4.09. The standard InChI is InChI=1S/C18H19FN2O3/c1-12-10-13(11-17(22)20-12)18(23)21-8-6-14(7-9-21)24-16-5-3-2-4-15(16)19/h2-5,10-11,14H,6-9H2,1H3,(H,20,22). The molecule has 6 heteroatoms. The van der Waals surface area contributed by atoms with Crippen molar-refractivity contribution in [3.8, 4) is 5.75 Å². The van der Waals surface area contributed by atoms with Gasteiger partial charge >= 0.3 is 0 Å². The van der Waals surface area contributed by atoms with E-state index in [2.05, 4.69) is 4.98 Å². The van der Waals surface area contributed by atoms with Crippen LogP contribution in [-0.2, 0) is 0 Å². The Morgan fingerprint density at radius 3 is 2.62 bits per heavy atom. The molecule has 0 bridgehead atoms. The topological polar surface area (TPSA) is 62.4 Å². The van der Waals surface area contributed by atoms with Crippen molar-refractivity contribution >= 4 is 5.91 Å². The van der Waals surface area contributed by atoms with Crippen molar-refractivity contribution in [1.29, 1.82) is 0 Å². The highest BCUT2D eigenvalue weighted by atomic mass is 19.1. The lowest BCUT2D eigenvalue weighted by molar-refractivity contribution is 0.0588. The Labute approximate surface area is 139 Å². The van der Waals surface area contributed by atoms with E-state index < -0.39 is 0 Å². The van der Waals surface area contributed by atoms with Gasteiger partial charge in [0.1, 0.15) is 6.10 Å². The fraction of sp³-hybridized carbons (Fsp3) is 0.333. The fourth-order valence-electron chi connectivity index (χ4n) is 2.89. The highest BCUT2D eigenvalue weighted by molar-refractivity contribution is 5.94. The molecule has 1 aromatic carbocycles. The lowest BCUT2D eigenvalue weighted by Crippen LogP contribution is -2.42. The average Bonchev–Trinajstić information content (AvgIpc) is 2.56. The third kappa shape index (κ3) is 3.64. The summed E-state index contributed by atoms with van der Waals surface area (Å²) in [7, 11) is 0. The number of benzene rings is 1. The van der Waals surface area contributed by atoms with E-state index in [4.69, 9.17) is 4.74 Å². The number of carbonyl (C=O) groups is 1. The molecule has 24 heavy (non-hydrogen) atoms. The maximum Gasteiger partial charge on any atom is 0.254 e. The van der Waals surface area contributed by atoms with E-state index in [-0.39, 0.29) is 29.1 Å². The number of rotatable bonds is 3. The van der Waals surface area contributed by atoms with Gasteiger partial charge < -0.3 is 14.6 Å². The number of H-pyrrole nitrogens is 1. The maximum atomic E-state index is 13.6. The molecule has 0 atom stereocenters. The second-order valence-electron chi connectivity index (χ2n) is 5.96. The van der Waals surface area contributed by atoms with Crippen molar-refractivity contribution in [2.24, 2.45) is 0 Å². The Hall–Kier alpha value is -2.63. The molecule has 1 aliphatic rings. The van der Waals surface area contributed by atoms with Crippen LogP contribution >= 0.6 is 0 Å². The number of hydrogen-bond acceptors (Lipinski definition) is 3. The van der Waals surface area contributed by atoms with Crippen LogP contribution in [0.15, 0.2) is 41.2 Å². The van der Waals surface area contributed by atoms with Crippen LogP contribution in [0.25, 0.3) is 0 Å². The zero-order valence-electron chi connectivity index (χ0n) is 13.4. The van der Waals surface area contributed by atoms with Gasteiger partial charge in [-0.1, -0.05) is 12.1 Å². The predicted molar refractivity (Wildman–Crippen MR) is 87.8 cm³/mol. The molecule has 0 unspecified atom stereocenters. The Bertz CT molecular complexity index is 795. The Kier molecular flexibility index (Phi) is 4.64. The summed E-state index contributed by atoms with van der Waals surface area (Å²) in [4.78, 5) is 28.3. The summed E-state index contributed by atoms with van der Waals surface area (Å²) in [6, 6.07) is 9.30. The number of para-hydroxylation sites is 1. The van der Waals surface area contributed by atoms with E-state index in [0.29, 0.717) is 37.2 Å². The molecule has 1 amide bonds. The summed E-state index contributed by atoms with van der Waals surface area (Å²) in [6.45, 7) is 2.78. The Morgan fingerprint density at radius 1 is 1.25 bits per heavy atom. The fourth-order valence-corrected chi connectivity index (χ4v) is 2.89. The molecule has 1 saturated heterocycles. The maximum absolute atomic E-state index is 13.6. The number of aromatic amines is 1. The van der Waals surface area contributed by atoms with Gasteiger partial charge in [0, 0.05) is 43.3 Å². The van der Waals surface area contributed by atoms with Crippen molar-refractivity contribution in [2.45, 2.75) is 25.9 Å². The van der Waals surface area contributed by atoms with E-state index in [1.54, 1.807) is 36.1 Å². The number of ether oxygens (including phenoxy) is 1. The largest absolute Gasteiger partial charge is 0.487 e. The molecule has 1 aliphatic heterocycles. The monoisotopic (exact) mass is 330 g/mol. The minimum Gasteiger partial charge on any atom is -0.487 e. The Morgan fingerprint density at radius 2 is 1.96 bits per heavy atom. The number of aromatic nitrogens is 1. The molecular weight excluding hydrogens is 311 g/mol. The zero-order valence-corrected chi connectivity index (χ0v) is 13.4. The first kappa shape index (κ1) is 16.2. The molecule has 0 aliphatic carbocycles. The second-order valence-corrected chi connectivity index (χ2v) is 5.96. The van der Waals surface area contributed by atoms with Crippen LogP contribution in [0.1, 0.15) is 28.9 Å². The van der Waals surface area contributed by atoms with Crippen molar-refractivity contribution in [2.75, 3.05) is 13.1 Å². The van der Waals surface area contributed by atoms with E-state index in [1.165, 1.54) is 12.1 Å². The lowest BCUT2D eigenvalue weighted by Gasteiger charge is -2.32. The zero-order chi connectivity index (χ0) is 17.1. The summed E-state index contributed by atoms with van der Waals surface area (Å²) < 4.78 is 19.3. The van der Waals surface area contributed by atoms with Crippen LogP contribution < -0.4 is 10.3 Å². The van der Waals surface area contributed by atoms with Crippen LogP contribution in [-0.4, -0.2) is 35.0 Å². The van der Waals surface area contributed by atoms with E-state index >= 15 is 0 Å². The van der Waals surface area contributed by atoms with Crippen LogP contribution in [0.4, 0.5) is 4.39 Å². The molecule has 1 aromatic heterocycles. The van der Waals surface area contributed by atoms with Gasteiger partial charge in [-0.25, -0.2) is 4.39 Å². The smallest absolute Gasteiger partial charge is 0.254 e. The number of nitrogens with one attached hydrogen (secondary N) is 1. The number of hydrogen-bond donors (Lipinski definition) is 1. The van der Waals surface area contributed by atoms with Crippen LogP contribution in [0, 0.1) is 12.7 Å². The van der Waals surface area contributed by atoms with Crippen LogP contribution in [0.3, 0.4) is 0 Å². The SMILES string of the molecule is Cc1cc(C(=O)N2CCC(Oc3ccccc3F)CC2)cc(=O)[nH]1. The minimum absolute atomic E-state index is 0.119. The molecule has 1 N–H and O–H groups in total. The molecule has 0 saturated carbocycles. The molecular formula is C18H19FN2O3. The number of aryl methyl sites for hydroxylation is 1. The summed E-state index contributed by atoms with van der Waals surface area (Å²) in [5, 5.41) is 0. The van der Waals surface area contributed by atoms with Crippen molar-refractivity contribution in [3.63, 3.8) is 0 Å². The van der Waals surface area contributed by atoms with E-state index in [1.807, 2.05) is 0 Å². The molecule has 3 rings (SSSR count). The van der Waals surface area contributed by atoms with E-state index in [0.717, 1.165) is 0 Å². The molecule has 2 aromatic rings. The van der Waals surface area contributed by atoms with Gasteiger partial charge in [-0.05, 0) is 25.1 Å². The number of halogens is 1. The first-order valence-electron chi connectivity index (χ1n) is 7.94. The number of likely N-dealkylation sites (tertiary alicyclic amines) is 1.